The summed E-state index contributed by atoms with van der Waals surface area (Å²) in [4.78, 5) is 4.25. The van der Waals surface area contributed by atoms with E-state index in [0.29, 0.717) is 23.2 Å². The molecule has 0 saturated heterocycles. The molecule has 0 bridgehead atoms. The quantitative estimate of drug-likeness (QED) is 0.924. The van der Waals surface area contributed by atoms with E-state index in [4.69, 9.17) is 5.26 Å². The maximum absolute atomic E-state index is 9.06. The van der Waals surface area contributed by atoms with Crippen LogP contribution in [0.25, 0.3) is 0 Å². The van der Waals surface area contributed by atoms with Crippen molar-refractivity contribution in [1.82, 2.24) is 4.98 Å². The van der Waals surface area contributed by atoms with Crippen LogP contribution in [0, 0.1) is 23.2 Å². The average molecular weight is 261 g/mol. The van der Waals surface area contributed by atoms with Crippen LogP contribution in [0.3, 0.4) is 0 Å². The first-order chi connectivity index (χ1) is 9.88. The monoisotopic (exact) mass is 261 g/mol. The molecule has 1 fully saturated rings. The van der Waals surface area contributed by atoms with Crippen LogP contribution in [0.5, 0.6) is 0 Å². The Labute approximate surface area is 118 Å². The summed E-state index contributed by atoms with van der Waals surface area (Å²) in [5.41, 5.74) is 3.68. The van der Waals surface area contributed by atoms with Crippen molar-refractivity contribution >= 4 is 5.82 Å². The van der Waals surface area contributed by atoms with E-state index in [1.54, 1.807) is 18.3 Å². The van der Waals surface area contributed by atoms with Gasteiger partial charge in [-0.1, -0.05) is 24.3 Å². The third-order valence-electron chi connectivity index (χ3n) is 4.63. The van der Waals surface area contributed by atoms with Gasteiger partial charge in [0.1, 0.15) is 11.9 Å². The summed E-state index contributed by atoms with van der Waals surface area (Å²) in [6, 6.07) is 14.6. The molecule has 0 radical (unpaired) electrons. The number of benzene rings is 1. The Bertz CT molecular complexity index is 701. The SMILES string of the molecule is N#Cc1cccnc1NCC1C2Cc3ccccc3C12. The van der Waals surface area contributed by atoms with Crippen molar-refractivity contribution in [3.63, 3.8) is 0 Å². The van der Waals surface area contributed by atoms with Gasteiger partial charge in [-0.3, -0.25) is 0 Å². The van der Waals surface area contributed by atoms with Gasteiger partial charge < -0.3 is 5.32 Å². The highest BCUT2D eigenvalue weighted by Crippen LogP contribution is 2.61. The van der Waals surface area contributed by atoms with Crippen LogP contribution in [-0.2, 0) is 6.42 Å². The van der Waals surface area contributed by atoms with Crippen LogP contribution in [-0.4, -0.2) is 11.5 Å². The Morgan fingerprint density at radius 2 is 2.15 bits per heavy atom. The Kier molecular flexibility index (Phi) is 2.50. The molecule has 0 amide bonds. The van der Waals surface area contributed by atoms with Gasteiger partial charge in [-0.05, 0) is 47.4 Å². The van der Waals surface area contributed by atoms with E-state index in [1.807, 2.05) is 0 Å². The highest BCUT2D eigenvalue weighted by molar-refractivity contribution is 5.52. The summed E-state index contributed by atoms with van der Waals surface area (Å²) in [6.45, 7) is 0.912. The van der Waals surface area contributed by atoms with Crippen molar-refractivity contribution in [3.8, 4) is 6.07 Å². The molecule has 0 aliphatic heterocycles. The minimum Gasteiger partial charge on any atom is -0.369 e. The molecule has 2 aromatic rings. The van der Waals surface area contributed by atoms with Crippen LogP contribution < -0.4 is 5.32 Å². The van der Waals surface area contributed by atoms with E-state index in [0.717, 1.165) is 12.5 Å². The molecule has 0 spiro atoms. The lowest BCUT2D eigenvalue weighted by Gasteiger charge is -2.09. The van der Waals surface area contributed by atoms with Crippen LogP contribution >= 0.6 is 0 Å². The number of hydrogen-bond donors (Lipinski definition) is 1. The summed E-state index contributed by atoms with van der Waals surface area (Å²) in [6.07, 6.45) is 2.94. The van der Waals surface area contributed by atoms with Gasteiger partial charge in [0.05, 0.1) is 5.56 Å². The van der Waals surface area contributed by atoms with E-state index in [1.165, 1.54) is 17.5 Å². The highest BCUT2D eigenvalue weighted by atomic mass is 15.0. The zero-order valence-electron chi connectivity index (χ0n) is 11.1. The summed E-state index contributed by atoms with van der Waals surface area (Å²) >= 11 is 0. The zero-order valence-corrected chi connectivity index (χ0v) is 11.1. The number of rotatable bonds is 3. The van der Waals surface area contributed by atoms with Crippen molar-refractivity contribution in [1.29, 1.82) is 5.26 Å². The highest BCUT2D eigenvalue weighted by Gasteiger charge is 2.54. The fourth-order valence-corrected chi connectivity index (χ4v) is 3.61. The smallest absolute Gasteiger partial charge is 0.143 e. The number of nitriles is 1. The standard InChI is InChI=1S/C17H15N3/c18-9-12-5-3-7-19-17(12)20-10-15-14-8-11-4-1-2-6-13(11)16(14)15/h1-7,14-16H,8,10H2,(H,19,20). The second-order valence-electron chi connectivity index (χ2n) is 5.65. The molecule has 4 rings (SSSR count). The Morgan fingerprint density at radius 3 is 3.05 bits per heavy atom. The van der Waals surface area contributed by atoms with Crippen LogP contribution in [0.4, 0.5) is 5.82 Å². The third-order valence-corrected chi connectivity index (χ3v) is 4.63. The van der Waals surface area contributed by atoms with Crippen molar-refractivity contribution in [3.05, 3.63) is 59.3 Å². The van der Waals surface area contributed by atoms with E-state index in [-0.39, 0.29) is 0 Å². The van der Waals surface area contributed by atoms with Crippen molar-refractivity contribution < 1.29 is 0 Å². The lowest BCUT2D eigenvalue weighted by Crippen LogP contribution is -2.10. The zero-order chi connectivity index (χ0) is 13.5. The Balaban J connectivity index is 1.46. The summed E-state index contributed by atoms with van der Waals surface area (Å²) < 4.78 is 0. The van der Waals surface area contributed by atoms with Crippen LogP contribution in [0.1, 0.15) is 22.6 Å². The second-order valence-corrected chi connectivity index (χ2v) is 5.65. The number of fused-ring (bicyclic) bond motifs is 3. The maximum atomic E-state index is 9.06. The van der Waals surface area contributed by atoms with Crippen molar-refractivity contribution in [2.45, 2.75) is 12.3 Å². The topological polar surface area (TPSA) is 48.7 Å². The number of nitrogens with zero attached hydrogens (tertiary/aromatic N) is 2. The predicted molar refractivity (Wildman–Crippen MR) is 77.3 cm³/mol. The van der Waals surface area contributed by atoms with Gasteiger partial charge in [0.15, 0.2) is 0 Å². The van der Waals surface area contributed by atoms with Gasteiger partial charge in [0.2, 0.25) is 0 Å². The molecule has 1 saturated carbocycles. The number of hydrogen-bond acceptors (Lipinski definition) is 3. The molecule has 3 atom stereocenters. The minimum absolute atomic E-state index is 0.624. The minimum atomic E-state index is 0.624. The molecular weight excluding hydrogens is 246 g/mol. The first kappa shape index (κ1) is 11.5. The van der Waals surface area contributed by atoms with E-state index in [9.17, 15) is 0 Å². The van der Waals surface area contributed by atoms with E-state index >= 15 is 0 Å². The second kappa shape index (κ2) is 4.35. The molecule has 1 aromatic carbocycles. The van der Waals surface area contributed by atoms with Crippen LogP contribution in [0.2, 0.25) is 0 Å². The molecule has 3 unspecified atom stereocenters. The molecular formula is C17H15N3. The Hall–Kier alpha value is -2.34. The molecule has 3 heteroatoms. The first-order valence-corrected chi connectivity index (χ1v) is 7.05. The average Bonchev–Trinajstić information content (AvgIpc) is 3.04. The number of anilines is 1. The van der Waals surface area contributed by atoms with E-state index in [2.05, 4.69) is 40.6 Å². The normalized spacial score (nSPS) is 25.4. The molecule has 1 N–H and O–H groups in total. The summed E-state index contributed by atoms with van der Waals surface area (Å²) in [5, 5.41) is 12.4. The molecule has 2 aliphatic carbocycles. The number of pyridine rings is 1. The molecule has 20 heavy (non-hydrogen) atoms. The fraction of sp³-hybridized carbons (Fsp3) is 0.294. The molecule has 1 aromatic heterocycles. The molecule has 3 nitrogen and oxygen atoms in total. The van der Waals surface area contributed by atoms with Gasteiger partial charge in [-0.2, -0.15) is 5.26 Å². The van der Waals surface area contributed by atoms with E-state index < -0.39 is 0 Å². The third kappa shape index (κ3) is 1.69. The summed E-state index contributed by atoms with van der Waals surface area (Å²) in [5.74, 6) is 2.91. The van der Waals surface area contributed by atoms with Gasteiger partial charge in [-0.15, -0.1) is 0 Å². The fourth-order valence-electron chi connectivity index (χ4n) is 3.61. The lowest BCUT2D eigenvalue weighted by atomic mass is 10.0. The van der Waals surface area contributed by atoms with Crippen LogP contribution in [0.15, 0.2) is 42.6 Å². The molecule has 98 valence electrons. The molecule has 1 heterocycles. The maximum Gasteiger partial charge on any atom is 0.143 e. The first-order valence-electron chi connectivity index (χ1n) is 7.05. The largest absolute Gasteiger partial charge is 0.369 e. The van der Waals surface area contributed by atoms with Gasteiger partial charge in [0, 0.05) is 12.7 Å². The van der Waals surface area contributed by atoms with Gasteiger partial charge in [-0.25, -0.2) is 4.98 Å². The molecule has 2 aliphatic rings. The lowest BCUT2D eigenvalue weighted by molar-refractivity contribution is 0.718. The van der Waals surface area contributed by atoms with Crippen molar-refractivity contribution in [2.24, 2.45) is 11.8 Å². The number of aromatic nitrogens is 1. The Morgan fingerprint density at radius 1 is 1.25 bits per heavy atom. The number of nitrogens with one attached hydrogen (secondary N) is 1. The predicted octanol–water partition coefficient (Wildman–Crippen LogP) is 2.95. The van der Waals surface area contributed by atoms with Gasteiger partial charge in [0.25, 0.3) is 0 Å². The summed E-state index contributed by atoms with van der Waals surface area (Å²) in [7, 11) is 0. The van der Waals surface area contributed by atoms with Crippen molar-refractivity contribution in [2.75, 3.05) is 11.9 Å². The van der Waals surface area contributed by atoms with Gasteiger partial charge >= 0.3 is 0 Å².